The SMILES string of the molecule is Cn1ccnc1CNC(=O)C1CCC(CN)CC1. The zero-order chi connectivity index (χ0) is 13.0. The van der Waals surface area contributed by atoms with Crippen molar-refractivity contribution in [2.75, 3.05) is 6.54 Å². The minimum absolute atomic E-state index is 0.160. The molecule has 1 fully saturated rings. The van der Waals surface area contributed by atoms with Crippen molar-refractivity contribution in [2.24, 2.45) is 24.6 Å². The number of imidazole rings is 1. The highest BCUT2D eigenvalue weighted by atomic mass is 16.1. The summed E-state index contributed by atoms with van der Waals surface area (Å²) in [5.74, 6) is 1.82. The number of nitrogens with zero attached hydrogens (tertiary/aromatic N) is 2. The minimum atomic E-state index is 0.160. The van der Waals surface area contributed by atoms with Gasteiger partial charge in [0.15, 0.2) is 0 Å². The number of amides is 1. The normalized spacial score (nSPS) is 23.9. The lowest BCUT2D eigenvalue weighted by Gasteiger charge is -2.26. The molecule has 0 bridgehead atoms. The summed E-state index contributed by atoms with van der Waals surface area (Å²) < 4.78 is 1.92. The average Bonchev–Trinajstić information content (AvgIpc) is 2.81. The Morgan fingerprint density at radius 2 is 2.22 bits per heavy atom. The van der Waals surface area contributed by atoms with Crippen LogP contribution in [0.25, 0.3) is 0 Å². The molecule has 0 aliphatic heterocycles. The van der Waals surface area contributed by atoms with Gasteiger partial charge < -0.3 is 15.6 Å². The van der Waals surface area contributed by atoms with Crippen LogP contribution in [0.4, 0.5) is 0 Å². The van der Waals surface area contributed by atoms with Crippen molar-refractivity contribution >= 4 is 5.91 Å². The first-order valence-electron chi connectivity index (χ1n) is 6.64. The molecule has 0 aromatic carbocycles. The summed E-state index contributed by atoms with van der Waals surface area (Å²) in [4.78, 5) is 16.2. The Balaban J connectivity index is 1.77. The van der Waals surface area contributed by atoms with Gasteiger partial charge >= 0.3 is 0 Å². The second kappa shape index (κ2) is 6.00. The van der Waals surface area contributed by atoms with Gasteiger partial charge in [0.1, 0.15) is 5.82 Å². The fraction of sp³-hybridized carbons (Fsp3) is 0.692. The van der Waals surface area contributed by atoms with Gasteiger partial charge in [-0.1, -0.05) is 0 Å². The number of nitrogens with one attached hydrogen (secondary N) is 1. The van der Waals surface area contributed by atoms with E-state index >= 15 is 0 Å². The van der Waals surface area contributed by atoms with Gasteiger partial charge in [-0.25, -0.2) is 4.98 Å². The fourth-order valence-electron chi connectivity index (χ4n) is 2.54. The molecule has 5 heteroatoms. The van der Waals surface area contributed by atoms with E-state index in [1.165, 1.54) is 0 Å². The second-order valence-electron chi connectivity index (χ2n) is 5.13. The minimum Gasteiger partial charge on any atom is -0.349 e. The van der Waals surface area contributed by atoms with Gasteiger partial charge in [0.05, 0.1) is 6.54 Å². The molecule has 0 spiro atoms. The van der Waals surface area contributed by atoms with Gasteiger partial charge in [-0.15, -0.1) is 0 Å². The third kappa shape index (κ3) is 3.10. The van der Waals surface area contributed by atoms with E-state index in [0.29, 0.717) is 12.5 Å². The highest BCUT2D eigenvalue weighted by Crippen LogP contribution is 2.28. The first kappa shape index (κ1) is 13.1. The van der Waals surface area contributed by atoms with Crippen LogP contribution in [-0.2, 0) is 18.4 Å². The van der Waals surface area contributed by atoms with Crippen molar-refractivity contribution < 1.29 is 4.79 Å². The summed E-state index contributed by atoms with van der Waals surface area (Å²) in [6.07, 6.45) is 7.72. The molecule has 1 aromatic rings. The molecule has 1 aromatic heterocycles. The Bertz CT molecular complexity index is 393. The lowest BCUT2D eigenvalue weighted by Crippen LogP contribution is -2.34. The molecule has 3 N–H and O–H groups in total. The molecule has 1 aliphatic carbocycles. The molecule has 100 valence electrons. The number of nitrogens with two attached hydrogens (primary N) is 1. The van der Waals surface area contributed by atoms with Gasteiger partial charge in [0.2, 0.25) is 5.91 Å². The number of hydrogen-bond donors (Lipinski definition) is 2. The van der Waals surface area contributed by atoms with Crippen molar-refractivity contribution in [3.05, 3.63) is 18.2 Å². The van der Waals surface area contributed by atoms with Gasteiger partial charge in [-0.2, -0.15) is 0 Å². The Hall–Kier alpha value is -1.36. The van der Waals surface area contributed by atoms with E-state index in [4.69, 9.17) is 5.73 Å². The summed E-state index contributed by atoms with van der Waals surface area (Å²) in [7, 11) is 1.93. The molecule has 0 radical (unpaired) electrons. The number of hydrogen-bond acceptors (Lipinski definition) is 3. The maximum atomic E-state index is 12.0. The highest BCUT2D eigenvalue weighted by Gasteiger charge is 2.25. The zero-order valence-electron chi connectivity index (χ0n) is 10.9. The lowest BCUT2D eigenvalue weighted by molar-refractivity contribution is -0.126. The molecule has 2 rings (SSSR count). The monoisotopic (exact) mass is 250 g/mol. The fourth-order valence-corrected chi connectivity index (χ4v) is 2.54. The maximum absolute atomic E-state index is 12.0. The Morgan fingerprint density at radius 3 is 2.78 bits per heavy atom. The second-order valence-corrected chi connectivity index (χ2v) is 5.13. The van der Waals surface area contributed by atoms with Crippen molar-refractivity contribution in [1.82, 2.24) is 14.9 Å². The predicted octanol–water partition coefficient (Wildman–Crippen LogP) is 0.801. The number of aryl methyl sites for hydroxylation is 1. The number of aromatic nitrogens is 2. The van der Waals surface area contributed by atoms with Crippen LogP contribution in [0.5, 0.6) is 0 Å². The average molecular weight is 250 g/mol. The molecule has 0 saturated heterocycles. The highest BCUT2D eigenvalue weighted by molar-refractivity contribution is 5.78. The van der Waals surface area contributed by atoms with Crippen molar-refractivity contribution in [3.63, 3.8) is 0 Å². The third-order valence-corrected chi connectivity index (χ3v) is 3.89. The summed E-state index contributed by atoms with van der Waals surface area (Å²) in [6.45, 7) is 1.26. The van der Waals surface area contributed by atoms with Crippen LogP contribution in [0, 0.1) is 11.8 Å². The van der Waals surface area contributed by atoms with E-state index in [9.17, 15) is 4.79 Å². The molecule has 5 nitrogen and oxygen atoms in total. The molecule has 18 heavy (non-hydrogen) atoms. The molecule has 1 amide bonds. The van der Waals surface area contributed by atoms with Crippen LogP contribution in [0.2, 0.25) is 0 Å². The Kier molecular flexibility index (Phi) is 4.36. The smallest absolute Gasteiger partial charge is 0.223 e. The molecular formula is C13H22N4O. The van der Waals surface area contributed by atoms with E-state index in [1.54, 1.807) is 6.20 Å². The summed E-state index contributed by atoms with van der Waals surface area (Å²) in [5.41, 5.74) is 5.65. The molecule has 1 heterocycles. The first-order chi connectivity index (χ1) is 8.70. The number of rotatable bonds is 4. The lowest BCUT2D eigenvalue weighted by atomic mass is 9.81. The maximum Gasteiger partial charge on any atom is 0.223 e. The van der Waals surface area contributed by atoms with Gasteiger partial charge in [0, 0.05) is 25.4 Å². The largest absolute Gasteiger partial charge is 0.349 e. The zero-order valence-corrected chi connectivity index (χ0v) is 10.9. The molecule has 0 atom stereocenters. The number of carbonyl (C=O) groups excluding carboxylic acids is 1. The summed E-state index contributed by atoms with van der Waals surface area (Å²) in [5, 5.41) is 2.97. The van der Waals surface area contributed by atoms with Crippen LogP contribution in [0.15, 0.2) is 12.4 Å². The van der Waals surface area contributed by atoms with Crippen molar-refractivity contribution in [3.8, 4) is 0 Å². The van der Waals surface area contributed by atoms with E-state index in [2.05, 4.69) is 10.3 Å². The quantitative estimate of drug-likeness (QED) is 0.830. The van der Waals surface area contributed by atoms with Crippen LogP contribution < -0.4 is 11.1 Å². The van der Waals surface area contributed by atoms with Crippen LogP contribution >= 0.6 is 0 Å². The van der Waals surface area contributed by atoms with E-state index < -0.39 is 0 Å². The predicted molar refractivity (Wildman–Crippen MR) is 69.6 cm³/mol. The topological polar surface area (TPSA) is 72.9 Å². The van der Waals surface area contributed by atoms with Crippen LogP contribution in [0.3, 0.4) is 0 Å². The first-order valence-corrected chi connectivity index (χ1v) is 6.64. The Labute approximate surface area is 108 Å². The molecule has 1 aliphatic rings. The van der Waals surface area contributed by atoms with Crippen molar-refractivity contribution in [1.29, 1.82) is 0 Å². The van der Waals surface area contributed by atoms with Crippen molar-refractivity contribution in [2.45, 2.75) is 32.2 Å². The van der Waals surface area contributed by atoms with Gasteiger partial charge in [-0.05, 0) is 38.1 Å². The van der Waals surface area contributed by atoms with Crippen LogP contribution in [0.1, 0.15) is 31.5 Å². The molecule has 1 saturated carbocycles. The van der Waals surface area contributed by atoms with Crippen LogP contribution in [-0.4, -0.2) is 22.0 Å². The summed E-state index contributed by atoms with van der Waals surface area (Å²) >= 11 is 0. The van der Waals surface area contributed by atoms with E-state index in [0.717, 1.165) is 38.1 Å². The summed E-state index contributed by atoms with van der Waals surface area (Å²) in [6, 6.07) is 0. The van der Waals surface area contributed by atoms with E-state index in [1.807, 2.05) is 17.8 Å². The standard InChI is InChI=1S/C13H22N4O/c1-17-7-6-15-12(17)9-16-13(18)11-4-2-10(8-14)3-5-11/h6-7,10-11H,2-5,8-9,14H2,1H3,(H,16,18). The van der Waals surface area contributed by atoms with E-state index in [-0.39, 0.29) is 11.8 Å². The van der Waals surface area contributed by atoms with Gasteiger partial charge in [-0.3, -0.25) is 4.79 Å². The van der Waals surface area contributed by atoms with Gasteiger partial charge in [0.25, 0.3) is 0 Å². The molecular weight excluding hydrogens is 228 g/mol. The number of carbonyl (C=O) groups is 1. The third-order valence-electron chi connectivity index (χ3n) is 3.89. The Morgan fingerprint density at radius 1 is 1.50 bits per heavy atom. The molecule has 0 unspecified atom stereocenters.